The van der Waals surface area contributed by atoms with Crippen molar-refractivity contribution < 1.29 is 37.0 Å². The second-order valence-corrected chi connectivity index (χ2v) is 10.3. The fourth-order valence-corrected chi connectivity index (χ4v) is 4.61. The quantitative estimate of drug-likeness (QED) is 0.426. The summed E-state index contributed by atoms with van der Waals surface area (Å²) in [7, 11) is -3.47. The number of rotatable bonds is 7. The molecule has 2 aliphatic heterocycles. The van der Waals surface area contributed by atoms with Crippen LogP contribution in [0.25, 0.3) is 0 Å². The minimum absolute atomic E-state index is 0.151. The molecule has 2 amide bonds. The Labute approximate surface area is 195 Å². The van der Waals surface area contributed by atoms with Crippen LogP contribution in [-0.4, -0.2) is 62.4 Å². The number of carbonyl (C=O) groups is 3. The topological polar surface area (TPSA) is 116 Å². The molecule has 1 atom stereocenters. The SMILES string of the molecule is CS(=O)(=O)CC[C@@H](C(=O)OCc1cc(Cl)c2c(c1)OCCO2)N1C(=O)c2ccccc2C1=O. The Morgan fingerprint density at radius 1 is 1.12 bits per heavy atom. The molecule has 0 spiro atoms. The van der Waals surface area contributed by atoms with E-state index in [-0.39, 0.29) is 29.2 Å². The zero-order valence-corrected chi connectivity index (χ0v) is 19.1. The predicted molar refractivity (Wildman–Crippen MR) is 117 cm³/mol. The monoisotopic (exact) mass is 493 g/mol. The van der Waals surface area contributed by atoms with E-state index in [4.69, 9.17) is 25.8 Å². The average Bonchev–Trinajstić information content (AvgIpc) is 3.03. The van der Waals surface area contributed by atoms with Crippen LogP contribution in [0, 0.1) is 0 Å². The summed E-state index contributed by atoms with van der Waals surface area (Å²) in [5.41, 5.74) is 0.804. The molecule has 0 aromatic heterocycles. The van der Waals surface area contributed by atoms with Gasteiger partial charge in [-0.2, -0.15) is 0 Å². The lowest BCUT2D eigenvalue weighted by Crippen LogP contribution is -2.46. The predicted octanol–water partition coefficient (Wildman–Crippen LogP) is 2.25. The molecule has 33 heavy (non-hydrogen) atoms. The number of amides is 2. The molecule has 4 rings (SSSR count). The summed E-state index contributed by atoms with van der Waals surface area (Å²) < 4.78 is 39.8. The van der Waals surface area contributed by atoms with Crippen molar-refractivity contribution in [3.8, 4) is 11.5 Å². The molecule has 0 radical (unpaired) electrons. The molecular weight excluding hydrogens is 474 g/mol. The zero-order chi connectivity index (χ0) is 23.8. The lowest BCUT2D eigenvalue weighted by Gasteiger charge is -2.24. The van der Waals surface area contributed by atoms with E-state index in [0.717, 1.165) is 11.2 Å². The number of hydrogen-bond acceptors (Lipinski definition) is 8. The maximum atomic E-state index is 13.0. The molecule has 0 fully saturated rings. The Morgan fingerprint density at radius 2 is 1.76 bits per heavy atom. The van der Waals surface area contributed by atoms with Crippen LogP contribution in [-0.2, 0) is 26.0 Å². The normalized spacial score (nSPS) is 15.9. The highest BCUT2D eigenvalue weighted by Crippen LogP contribution is 2.38. The van der Waals surface area contributed by atoms with Crippen molar-refractivity contribution in [2.45, 2.75) is 19.1 Å². The van der Waals surface area contributed by atoms with E-state index >= 15 is 0 Å². The summed E-state index contributed by atoms with van der Waals surface area (Å²) in [5, 5.41) is 0.284. The van der Waals surface area contributed by atoms with Gasteiger partial charge in [-0.3, -0.25) is 14.5 Å². The van der Waals surface area contributed by atoms with Crippen molar-refractivity contribution in [3.05, 3.63) is 58.1 Å². The van der Waals surface area contributed by atoms with Crippen LogP contribution in [0.3, 0.4) is 0 Å². The Bertz CT molecular complexity index is 1210. The number of halogens is 1. The lowest BCUT2D eigenvalue weighted by atomic mass is 10.1. The van der Waals surface area contributed by atoms with Crippen molar-refractivity contribution >= 4 is 39.2 Å². The molecule has 2 heterocycles. The van der Waals surface area contributed by atoms with Gasteiger partial charge in [-0.25, -0.2) is 13.2 Å². The van der Waals surface area contributed by atoms with Crippen LogP contribution in [0.1, 0.15) is 32.7 Å². The van der Waals surface area contributed by atoms with Gasteiger partial charge in [0.15, 0.2) is 11.5 Å². The lowest BCUT2D eigenvalue weighted by molar-refractivity contribution is -0.149. The highest BCUT2D eigenvalue weighted by atomic mass is 35.5. The van der Waals surface area contributed by atoms with Gasteiger partial charge in [0.2, 0.25) is 0 Å². The number of benzene rings is 2. The maximum absolute atomic E-state index is 13.0. The van der Waals surface area contributed by atoms with E-state index in [1.165, 1.54) is 12.1 Å². The van der Waals surface area contributed by atoms with Gasteiger partial charge in [0.25, 0.3) is 11.8 Å². The number of carbonyl (C=O) groups excluding carboxylic acids is 3. The molecular formula is C22H20ClNO8S. The van der Waals surface area contributed by atoms with E-state index < -0.39 is 39.4 Å². The number of esters is 1. The van der Waals surface area contributed by atoms with E-state index in [1.54, 1.807) is 24.3 Å². The third-order valence-corrected chi connectivity index (χ3v) is 6.47. The second kappa shape index (κ2) is 9.03. The minimum Gasteiger partial charge on any atom is -0.486 e. The Hall–Kier alpha value is -3.11. The number of ether oxygens (including phenoxy) is 3. The van der Waals surface area contributed by atoms with E-state index in [0.29, 0.717) is 30.3 Å². The van der Waals surface area contributed by atoms with E-state index in [2.05, 4.69) is 0 Å². The van der Waals surface area contributed by atoms with Crippen LogP contribution < -0.4 is 9.47 Å². The van der Waals surface area contributed by atoms with Gasteiger partial charge in [-0.1, -0.05) is 23.7 Å². The summed E-state index contributed by atoms with van der Waals surface area (Å²) in [5.74, 6) is -1.85. The first kappa shape index (κ1) is 23.1. The molecule has 2 aliphatic rings. The van der Waals surface area contributed by atoms with Gasteiger partial charge in [0.1, 0.15) is 35.7 Å². The number of fused-ring (bicyclic) bond motifs is 2. The van der Waals surface area contributed by atoms with E-state index in [1.807, 2.05) is 0 Å². The third-order valence-electron chi connectivity index (χ3n) is 5.21. The summed E-state index contributed by atoms with van der Waals surface area (Å²) in [6.07, 6.45) is 0.722. The van der Waals surface area contributed by atoms with Crippen LogP contribution in [0.5, 0.6) is 11.5 Å². The first-order valence-corrected chi connectivity index (χ1v) is 12.5. The molecule has 9 nitrogen and oxygen atoms in total. The second-order valence-electron chi connectivity index (χ2n) is 7.67. The molecule has 0 N–H and O–H groups in total. The summed E-state index contributed by atoms with van der Waals surface area (Å²) >= 11 is 6.21. The van der Waals surface area contributed by atoms with Crippen molar-refractivity contribution in [2.75, 3.05) is 25.2 Å². The summed E-state index contributed by atoms with van der Waals surface area (Å²) in [4.78, 5) is 39.5. The first-order chi connectivity index (χ1) is 15.7. The number of nitrogens with zero attached hydrogens (tertiary/aromatic N) is 1. The maximum Gasteiger partial charge on any atom is 0.329 e. The molecule has 174 valence electrons. The van der Waals surface area contributed by atoms with Gasteiger partial charge in [0.05, 0.1) is 21.9 Å². The van der Waals surface area contributed by atoms with Gasteiger partial charge in [0, 0.05) is 6.26 Å². The fourth-order valence-electron chi connectivity index (χ4n) is 3.67. The standard InChI is InChI=1S/C22H20ClNO8S/c1-33(28,29)9-6-17(24-20(25)14-4-2-3-5-15(14)21(24)26)22(27)32-12-13-10-16(23)19-18(11-13)30-7-8-31-19/h2-5,10-11,17H,6-9,12H2,1H3/t17-/m0/s1. The van der Waals surface area contributed by atoms with Gasteiger partial charge < -0.3 is 14.2 Å². The van der Waals surface area contributed by atoms with Crippen LogP contribution in [0.15, 0.2) is 36.4 Å². The largest absolute Gasteiger partial charge is 0.486 e. The average molecular weight is 494 g/mol. The minimum atomic E-state index is -3.47. The van der Waals surface area contributed by atoms with Crippen molar-refractivity contribution in [1.29, 1.82) is 0 Å². The summed E-state index contributed by atoms with van der Waals surface area (Å²) in [6.45, 7) is 0.483. The number of imide groups is 1. The Morgan fingerprint density at radius 3 is 2.39 bits per heavy atom. The van der Waals surface area contributed by atoms with Crippen LogP contribution in [0.4, 0.5) is 0 Å². The number of hydrogen-bond donors (Lipinski definition) is 0. The molecule has 0 bridgehead atoms. The van der Waals surface area contributed by atoms with Crippen molar-refractivity contribution in [3.63, 3.8) is 0 Å². The van der Waals surface area contributed by atoms with Gasteiger partial charge in [-0.15, -0.1) is 0 Å². The molecule has 0 unspecified atom stereocenters. The van der Waals surface area contributed by atoms with Crippen LogP contribution >= 0.6 is 11.6 Å². The van der Waals surface area contributed by atoms with Crippen LogP contribution in [0.2, 0.25) is 5.02 Å². The van der Waals surface area contributed by atoms with Gasteiger partial charge in [-0.05, 0) is 36.2 Å². The van der Waals surface area contributed by atoms with Crippen molar-refractivity contribution in [2.24, 2.45) is 0 Å². The first-order valence-electron chi connectivity index (χ1n) is 10.0. The molecule has 2 aromatic rings. The van der Waals surface area contributed by atoms with E-state index in [9.17, 15) is 22.8 Å². The highest BCUT2D eigenvalue weighted by Gasteiger charge is 2.43. The molecule has 11 heteroatoms. The zero-order valence-electron chi connectivity index (χ0n) is 17.6. The van der Waals surface area contributed by atoms with Gasteiger partial charge >= 0.3 is 5.97 Å². The molecule has 2 aromatic carbocycles. The third kappa shape index (κ3) is 4.81. The fraction of sp³-hybridized carbons (Fsp3) is 0.318. The Kier molecular flexibility index (Phi) is 6.31. The highest BCUT2D eigenvalue weighted by molar-refractivity contribution is 7.90. The number of sulfone groups is 1. The Balaban J connectivity index is 1.55. The molecule has 0 aliphatic carbocycles. The smallest absolute Gasteiger partial charge is 0.329 e. The summed E-state index contributed by atoms with van der Waals surface area (Å²) in [6, 6.07) is 7.92. The molecule has 0 saturated carbocycles. The van der Waals surface area contributed by atoms with Crippen molar-refractivity contribution in [1.82, 2.24) is 4.90 Å². The molecule has 0 saturated heterocycles.